The predicted molar refractivity (Wildman–Crippen MR) is 69.8 cm³/mol. The first-order valence-electron chi connectivity index (χ1n) is 7.39. The van der Waals surface area contributed by atoms with Crippen LogP contribution in [0.2, 0.25) is 0 Å². The van der Waals surface area contributed by atoms with Crippen molar-refractivity contribution in [2.75, 3.05) is 13.2 Å². The molecule has 2 rings (SSSR count). The van der Waals surface area contributed by atoms with Crippen LogP contribution in [0.1, 0.15) is 51.9 Å². The summed E-state index contributed by atoms with van der Waals surface area (Å²) in [6, 6.07) is 2.45. The topological polar surface area (TPSA) is 53.2 Å². The molecule has 3 nitrogen and oxygen atoms in total. The fourth-order valence-corrected chi connectivity index (χ4v) is 3.62. The molecule has 0 bridgehead atoms. The van der Waals surface area contributed by atoms with E-state index >= 15 is 0 Å². The van der Waals surface area contributed by atoms with Crippen molar-refractivity contribution in [3.63, 3.8) is 0 Å². The molecule has 2 atom stereocenters. The Kier molecular flexibility index (Phi) is 4.64. The molecular formula is C15H25NO2. The third-order valence-electron chi connectivity index (χ3n) is 4.89. The van der Waals surface area contributed by atoms with Gasteiger partial charge in [0.15, 0.2) is 0 Å². The zero-order valence-corrected chi connectivity index (χ0v) is 11.4. The van der Waals surface area contributed by atoms with Crippen LogP contribution >= 0.6 is 0 Å². The zero-order valence-electron chi connectivity index (χ0n) is 11.4. The van der Waals surface area contributed by atoms with Crippen LogP contribution in [-0.4, -0.2) is 24.4 Å². The first-order chi connectivity index (χ1) is 8.72. The minimum Gasteiger partial charge on any atom is -0.391 e. The summed E-state index contributed by atoms with van der Waals surface area (Å²) in [7, 11) is 0. The second-order valence-electron chi connectivity index (χ2n) is 6.07. The van der Waals surface area contributed by atoms with E-state index in [-0.39, 0.29) is 5.92 Å². The largest absolute Gasteiger partial charge is 0.391 e. The number of nitriles is 1. The highest BCUT2D eigenvalue weighted by Gasteiger charge is 2.45. The van der Waals surface area contributed by atoms with Crippen molar-refractivity contribution in [2.45, 2.75) is 58.0 Å². The minimum absolute atomic E-state index is 0.173. The lowest BCUT2D eigenvalue weighted by Gasteiger charge is -2.40. The van der Waals surface area contributed by atoms with Gasteiger partial charge in [0.1, 0.15) is 0 Å². The summed E-state index contributed by atoms with van der Waals surface area (Å²) >= 11 is 0. The lowest BCUT2D eigenvalue weighted by atomic mass is 9.65. The second-order valence-corrected chi connectivity index (χ2v) is 6.07. The maximum absolute atomic E-state index is 10.5. The van der Waals surface area contributed by atoms with E-state index in [0.717, 1.165) is 44.6 Å². The van der Waals surface area contributed by atoms with E-state index < -0.39 is 11.5 Å². The molecule has 3 heteroatoms. The number of ether oxygens (including phenoxy) is 1. The van der Waals surface area contributed by atoms with Crippen molar-refractivity contribution < 1.29 is 9.84 Å². The predicted octanol–water partition coefficient (Wildman–Crippen LogP) is 2.88. The lowest BCUT2D eigenvalue weighted by Crippen LogP contribution is -2.42. The molecular weight excluding hydrogens is 226 g/mol. The molecule has 2 fully saturated rings. The van der Waals surface area contributed by atoms with E-state index in [1.165, 1.54) is 12.8 Å². The van der Waals surface area contributed by atoms with Gasteiger partial charge in [0.25, 0.3) is 0 Å². The van der Waals surface area contributed by atoms with E-state index in [1.807, 2.05) is 0 Å². The minimum atomic E-state index is -0.497. The second kappa shape index (κ2) is 6.04. The summed E-state index contributed by atoms with van der Waals surface area (Å²) in [5.41, 5.74) is -0.497. The van der Waals surface area contributed by atoms with Crippen LogP contribution in [0.5, 0.6) is 0 Å². The summed E-state index contributed by atoms with van der Waals surface area (Å²) in [4.78, 5) is 0. The fourth-order valence-electron chi connectivity index (χ4n) is 3.62. The molecule has 0 aromatic heterocycles. The molecule has 2 unspecified atom stereocenters. The van der Waals surface area contributed by atoms with E-state index in [4.69, 9.17) is 4.74 Å². The van der Waals surface area contributed by atoms with Gasteiger partial charge >= 0.3 is 0 Å². The monoisotopic (exact) mass is 251 g/mol. The molecule has 0 aromatic carbocycles. The molecule has 0 spiro atoms. The Hall–Kier alpha value is -0.590. The smallest absolute Gasteiger partial charge is 0.0836 e. The number of hydrogen-bond donors (Lipinski definition) is 1. The van der Waals surface area contributed by atoms with Crippen LogP contribution in [-0.2, 0) is 4.74 Å². The molecule has 102 valence electrons. The number of nitrogens with zero attached hydrogens (tertiary/aromatic N) is 1. The molecule has 1 saturated heterocycles. The van der Waals surface area contributed by atoms with Gasteiger partial charge in [0.2, 0.25) is 0 Å². The van der Waals surface area contributed by atoms with Crippen molar-refractivity contribution >= 4 is 0 Å². The Labute approximate surface area is 110 Å². The first kappa shape index (κ1) is 13.8. The quantitative estimate of drug-likeness (QED) is 0.836. The van der Waals surface area contributed by atoms with Crippen molar-refractivity contribution in [3.05, 3.63) is 0 Å². The molecule has 1 N–H and O–H groups in total. The summed E-state index contributed by atoms with van der Waals surface area (Å²) in [5, 5.41) is 20.1. The Bertz CT molecular complexity index is 296. The van der Waals surface area contributed by atoms with E-state index in [9.17, 15) is 10.4 Å². The summed E-state index contributed by atoms with van der Waals surface area (Å²) in [6.45, 7) is 3.58. The first-order valence-corrected chi connectivity index (χ1v) is 7.39. The Balaban J connectivity index is 1.97. The van der Waals surface area contributed by atoms with Crippen LogP contribution in [0.4, 0.5) is 0 Å². The van der Waals surface area contributed by atoms with Gasteiger partial charge < -0.3 is 9.84 Å². The maximum Gasteiger partial charge on any atom is 0.0836 e. The van der Waals surface area contributed by atoms with Crippen molar-refractivity contribution in [2.24, 2.45) is 17.3 Å². The lowest BCUT2D eigenvalue weighted by molar-refractivity contribution is -0.0183. The Morgan fingerprint density at radius 3 is 2.61 bits per heavy atom. The van der Waals surface area contributed by atoms with Crippen LogP contribution in [0.15, 0.2) is 0 Å². The third kappa shape index (κ3) is 2.70. The van der Waals surface area contributed by atoms with Crippen LogP contribution in [0.3, 0.4) is 0 Å². The van der Waals surface area contributed by atoms with Gasteiger partial charge in [-0.1, -0.05) is 19.8 Å². The maximum atomic E-state index is 10.5. The van der Waals surface area contributed by atoms with E-state index in [2.05, 4.69) is 13.0 Å². The number of aliphatic hydroxyl groups is 1. The van der Waals surface area contributed by atoms with Crippen molar-refractivity contribution in [1.82, 2.24) is 0 Å². The highest BCUT2D eigenvalue weighted by Crippen LogP contribution is 2.45. The summed E-state index contributed by atoms with van der Waals surface area (Å²) in [6.07, 6.45) is 6.85. The van der Waals surface area contributed by atoms with Gasteiger partial charge in [-0.05, 0) is 38.0 Å². The third-order valence-corrected chi connectivity index (χ3v) is 4.89. The Morgan fingerprint density at radius 2 is 2.11 bits per heavy atom. The standard InChI is InChI=1S/C15H25NO2/c1-2-3-12-4-7-15(11-16,8-5-12)14(17)13-6-9-18-10-13/h12-14,17H,2-10H2,1H3. The SMILES string of the molecule is CCCC1CCC(C#N)(C(O)C2CCOC2)CC1. The Morgan fingerprint density at radius 1 is 1.39 bits per heavy atom. The van der Waals surface area contributed by atoms with Crippen molar-refractivity contribution in [3.8, 4) is 6.07 Å². The number of aliphatic hydroxyl groups excluding tert-OH is 1. The highest BCUT2D eigenvalue weighted by molar-refractivity contribution is 5.07. The zero-order chi connectivity index (χ0) is 13.0. The van der Waals surface area contributed by atoms with Gasteiger partial charge in [-0.2, -0.15) is 5.26 Å². The molecule has 1 heterocycles. The van der Waals surface area contributed by atoms with Gasteiger partial charge in [-0.3, -0.25) is 0 Å². The number of rotatable bonds is 4. The summed E-state index contributed by atoms with van der Waals surface area (Å²) < 4.78 is 5.35. The average molecular weight is 251 g/mol. The highest BCUT2D eigenvalue weighted by atomic mass is 16.5. The normalized spacial score (nSPS) is 38.3. The molecule has 1 saturated carbocycles. The molecule has 18 heavy (non-hydrogen) atoms. The molecule has 0 radical (unpaired) electrons. The van der Waals surface area contributed by atoms with Crippen LogP contribution < -0.4 is 0 Å². The van der Waals surface area contributed by atoms with Gasteiger partial charge in [-0.15, -0.1) is 0 Å². The summed E-state index contributed by atoms with van der Waals surface area (Å²) in [5.74, 6) is 0.941. The molecule has 1 aliphatic carbocycles. The van der Waals surface area contributed by atoms with Crippen LogP contribution in [0.25, 0.3) is 0 Å². The molecule has 2 aliphatic rings. The number of hydrogen-bond acceptors (Lipinski definition) is 3. The van der Waals surface area contributed by atoms with Crippen molar-refractivity contribution in [1.29, 1.82) is 5.26 Å². The van der Waals surface area contributed by atoms with Gasteiger partial charge in [0.05, 0.1) is 24.2 Å². The van der Waals surface area contributed by atoms with E-state index in [0.29, 0.717) is 6.61 Å². The van der Waals surface area contributed by atoms with E-state index in [1.54, 1.807) is 0 Å². The van der Waals surface area contributed by atoms with Gasteiger partial charge in [-0.25, -0.2) is 0 Å². The van der Waals surface area contributed by atoms with Gasteiger partial charge in [0, 0.05) is 12.5 Å². The molecule has 0 aromatic rings. The molecule has 0 amide bonds. The fraction of sp³-hybridized carbons (Fsp3) is 0.933. The average Bonchev–Trinajstić information content (AvgIpc) is 2.93. The molecule has 1 aliphatic heterocycles. The van der Waals surface area contributed by atoms with Crippen LogP contribution in [0, 0.1) is 28.6 Å².